The highest BCUT2D eigenvalue weighted by Crippen LogP contribution is 2.35. The molecule has 9 heteroatoms. The Morgan fingerprint density at radius 1 is 1.05 bits per heavy atom. The Labute approximate surface area is 221 Å². The zero-order valence-corrected chi connectivity index (χ0v) is 21.2. The molecular formula is C29H30N4O5. The minimum atomic E-state index is -1.05. The van der Waals surface area contributed by atoms with Crippen molar-refractivity contribution in [2.75, 3.05) is 43.1 Å². The third kappa shape index (κ3) is 6.12. The molecule has 1 aliphatic heterocycles. The number of carboxylic acids is 1. The van der Waals surface area contributed by atoms with Crippen LogP contribution in [0.3, 0.4) is 0 Å². The lowest BCUT2D eigenvalue weighted by atomic mass is 10.1. The first-order valence-electron chi connectivity index (χ1n) is 12.6. The maximum Gasteiger partial charge on any atom is 0.341 e. The topological polar surface area (TPSA) is 106 Å². The number of carboxylic acid groups (broad SMARTS) is 1. The molecule has 0 amide bonds. The number of aromatic nitrogens is 2. The van der Waals surface area contributed by atoms with Crippen molar-refractivity contribution in [3.05, 3.63) is 84.2 Å². The molecule has 1 aliphatic rings. The van der Waals surface area contributed by atoms with Gasteiger partial charge in [-0.25, -0.2) is 14.8 Å². The second-order valence-electron chi connectivity index (χ2n) is 9.06. The van der Waals surface area contributed by atoms with Crippen LogP contribution in [0.5, 0.6) is 11.5 Å². The molecule has 2 heterocycles. The molecule has 2 N–H and O–H groups in total. The number of hydrogen-bond acceptors (Lipinski definition) is 8. The lowest BCUT2D eigenvalue weighted by Gasteiger charge is -2.29. The molecule has 0 radical (unpaired) electrons. The Kier molecular flexibility index (Phi) is 7.84. The van der Waals surface area contributed by atoms with Crippen LogP contribution in [-0.4, -0.2) is 54.0 Å². The minimum absolute atomic E-state index is 0.0937. The smallest absolute Gasteiger partial charge is 0.341 e. The lowest BCUT2D eigenvalue weighted by molar-refractivity contribution is -0.139. The largest absolute Gasteiger partial charge is 0.489 e. The summed E-state index contributed by atoms with van der Waals surface area (Å²) in [6.45, 7) is 4.79. The number of carbonyl (C=O) groups is 1. The summed E-state index contributed by atoms with van der Waals surface area (Å²) in [6, 6.07) is 21.8. The SMILES string of the molecule is C[C@@H](Nc1ncnc2c(OCC(=O)O)cc(N3CCOCC3)cc12)c1cccc(OCc2ccccc2)c1. The lowest BCUT2D eigenvalue weighted by Crippen LogP contribution is -2.36. The summed E-state index contributed by atoms with van der Waals surface area (Å²) >= 11 is 0. The summed E-state index contributed by atoms with van der Waals surface area (Å²) in [5, 5.41) is 13.4. The minimum Gasteiger partial charge on any atom is -0.489 e. The molecule has 0 spiro atoms. The maximum atomic E-state index is 11.2. The molecule has 0 unspecified atom stereocenters. The number of anilines is 2. The van der Waals surface area contributed by atoms with E-state index in [2.05, 4.69) is 27.1 Å². The van der Waals surface area contributed by atoms with Crippen molar-refractivity contribution in [3.63, 3.8) is 0 Å². The number of fused-ring (bicyclic) bond motifs is 1. The molecule has 1 atom stereocenters. The van der Waals surface area contributed by atoms with E-state index < -0.39 is 12.6 Å². The number of nitrogens with zero attached hydrogens (tertiary/aromatic N) is 3. The Balaban J connectivity index is 1.41. The van der Waals surface area contributed by atoms with E-state index in [0.29, 0.717) is 36.9 Å². The summed E-state index contributed by atoms with van der Waals surface area (Å²) in [5.41, 5.74) is 3.60. The van der Waals surface area contributed by atoms with Crippen LogP contribution < -0.4 is 19.7 Å². The third-order valence-corrected chi connectivity index (χ3v) is 6.38. The Morgan fingerprint density at radius 2 is 1.87 bits per heavy atom. The molecule has 1 fully saturated rings. The number of nitrogens with one attached hydrogen (secondary N) is 1. The second-order valence-corrected chi connectivity index (χ2v) is 9.06. The number of benzene rings is 3. The Hall–Kier alpha value is -4.37. The van der Waals surface area contributed by atoms with Crippen molar-refractivity contribution >= 4 is 28.4 Å². The second kappa shape index (κ2) is 11.8. The molecule has 0 saturated carbocycles. The fraction of sp³-hybridized carbons (Fsp3) is 0.276. The van der Waals surface area contributed by atoms with Crippen molar-refractivity contribution in [2.45, 2.75) is 19.6 Å². The van der Waals surface area contributed by atoms with Gasteiger partial charge in [-0.2, -0.15) is 0 Å². The predicted octanol–water partition coefficient (Wildman–Crippen LogP) is 4.68. The standard InChI is InChI=1S/C29H30N4O5/c1-20(22-8-5-9-24(14-22)37-17-21-6-3-2-4-7-21)32-29-25-15-23(33-10-12-36-13-11-33)16-26(38-18-27(34)35)28(25)30-19-31-29/h2-9,14-16,19-20H,10-13,17-18H2,1H3,(H,34,35)(H,30,31,32)/t20-/m1/s1. The Bertz CT molecular complexity index is 1390. The zero-order chi connectivity index (χ0) is 26.3. The third-order valence-electron chi connectivity index (χ3n) is 6.38. The first kappa shape index (κ1) is 25.3. The van der Waals surface area contributed by atoms with E-state index in [1.165, 1.54) is 6.33 Å². The molecule has 4 aromatic rings. The van der Waals surface area contributed by atoms with Crippen LogP contribution in [0.25, 0.3) is 10.9 Å². The molecule has 3 aromatic carbocycles. The van der Waals surface area contributed by atoms with E-state index in [4.69, 9.17) is 14.2 Å². The van der Waals surface area contributed by atoms with Crippen molar-refractivity contribution in [1.82, 2.24) is 9.97 Å². The summed E-state index contributed by atoms with van der Waals surface area (Å²) < 4.78 is 17.2. The van der Waals surface area contributed by atoms with Crippen molar-refractivity contribution in [2.24, 2.45) is 0 Å². The normalized spacial score (nSPS) is 14.2. The van der Waals surface area contributed by atoms with E-state index in [0.717, 1.165) is 41.0 Å². The molecule has 0 bridgehead atoms. The van der Waals surface area contributed by atoms with E-state index in [-0.39, 0.29) is 6.04 Å². The summed E-state index contributed by atoms with van der Waals surface area (Å²) in [6.07, 6.45) is 1.46. The molecule has 1 saturated heterocycles. The van der Waals surface area contributed by atoms with Gasteiger partial charge in [0.2, 0.25) is 0 Å². The van der Waals surface area contributed by atoms with Crippen molar-refractivity contribution < 1.29 is 24.1 Å². The fourth-order valence-electron chi connectivity index (χ4n) is 4.39. The highest BCUT2D eigenvalue weighted by Gasteiger charge is 2.19. The van der Waals surface area contributed by atoms with Gasteiger partial charge in [0.25, 0.3) is 0 Å². The van der Waals surface area contributed by atoms with Gasteiger partial charge in [0, 0.05) is 30.2 Å². The molecular weight excluding hydrogens is 484 g/mol. The highest BCUT2D eigenvalue weighted by atomic mass is 16.5. The quantitative estimate of drug-likeness (QED) is 0.312. The fourth-order valence-corrected chi connectivity index (χ4v) is 4.39. The zero-order valence-electron chi connectivity index (χ0n) is 21.2. The van der Waals surface area contributed by atoms with Crippen LogP contribution in [0.1, 0.15) is 24.1 Å². The number of ether oxygens (including phenoxy) is 3. The van der Waals surface area contributed by atoms with Crippen LogP contribution >= 0.6 is 0 Å². The predicted molar refractivity (Wildman–Crippen MR) is 145 cm³/mol. The number of morpholine rings is 1. The maximum absolute atomic E-state index is 11.2. The van der Waals surface area contributed by atoms with Gasteiger partial charge in [0.1, 0.15) is 35.8 Å². The first-order valence-corrected chi connectivity index (χ1v) is 12.6. The van der Waals surface area contributed by atoms with Crippen LogP contribution in [0.2, 0.25) is 0 Å². The van der Waals surface area contributed by atoms with E-state index >= 15 is 0 Å². The van der Waals surface area contributed by atoms with Crippen LogP contribution in [0.4, 0.5) is 11.5 Å². The average molecular weight is 515 g/mol. The molecule has 0 aliphatic carbocycles. The number of rotatable bonds is 10. The van der Waals surface area contributed by atoms with Crippen molar-refractivity contribution in [1.29, 1.82) is 0 Å². The van der Waals surface area contributed by atoms with Gasteiger partial charge in [-0.1, -0.05) is 42.5 Å². The van der Waals surface area contributed by atoms with Gasteiger partial charge in [0.15, 0.2) is 6.61 Å². The van der Waals surface area contributed by atoms with Gasteiger partial charge in [-0.15, -0.1) is 0 Å². The van der Waals surface area contributed by atoms with Gasteiger partial charge < -0.3 is 29.5 Å². The molecule has 5 rings (SSSR count). The monoisotopic (exact) mass is 514 g/mol. The van der Waals surface area contributed by atoms with Gasteiger partial charge in [-0.05, 0) is 36.2 Å². The van der Waals surface area contributed by atoms with Gasteiger partial charge in [0.05, 0.1) is 19.3 Å². The van der Waals surface area contributed by atoms with Crippen molar-refractivity contribution in [3.8, 4) is 11.5 Å². The molecule has 196 valence electrons. The summed E-state index contributed by atoms with van der Waals surface area (Å²) in [5.74, 6) is 0.769. The molecule has 9 nitrogen and oxygen atoms in total. The highest BCUT2D eigenvalue weighted by molar-refractivity contribution is 5.96. The van der Waals surface area contributed by atoms with Crippen LogP contribution in [0, 0.1) is 0 Å². The summed E-state index contributed by atoms with van der Waals surface area (Å²) in [7, 11) is 0. The first-order chi connectivity index (χ1) is 18.6. The van der Waals surface area contributed by atoms with Crippen LogP contribution in [0.15, 0.2) is 73.1 Å². The van der Waals surface area contributed by atoms with Crippen LogP contribution in [-0.2, 0) is 16.1 Å². The van der Waals surface area contributed by atoms with E-state index in [1.807, 2.05) is 66.7 Å². The molecule has 1 aromatic heterocycles. The number of aliphatic carboxylic acids is 1. The Morgan fingerprint density at radius 3 is 2.66 bits per heavy atom. The summed E-state index contributed by atoms with van der Waals surface area (Å²) in [4.78, 5) is 22.3. The average Bonchev–Trinajstić information content (AvgIpc) is 2.96. The van der Waals surface area contributed by atoms with E-state index in [9.17, 15) is 9.90 Å². The number of hydrogen-bond donors (Lipinski definition) is 2. The van der Waals surface area contributed by atoms with Gasteiger partial charge in [-0.3, -0.25) is 0 Å². The van der Waals surface area contributed by atoms with E-state index in [1.54, 1.807) is 0 Å². The van der Waals surface area contributed by atoms with Gasteiger partial charge >= 0.3 is 5.97 Å². The molecule has 38 heavy (non-hydrogen) atoms.